The first-order valence-corrected chi connectivity index (χ1v) is 8.63. The van der Waals surface area contributed by atoms with E-state index in [9.17, 15) is 18.4 Å². The molecular weight excluding hydrogens is 366 g/mol. The van der Waals surface area contributed by atoms with Crippen LogP contribution in [0.3, 0.4) is 0 Å². The number of nitrogens with one attached hydrogen (secondary N) is 2. The molecule has 0 radical (unpaired) electrons. The Balaban J connectivity index is 1.70. The third-order valence-corrected chi connectivity index (χ3v) is 4.59. The van der Waals surface area contributed by atoms with Crippen molar-refractivity contribution in [2.24, 2.45) is 0 Å². The molecule has 0 saturated carbocycles. The highest BCUT2D eigenvalue weighted by molar-refractivity contribution is 6.02. The number of carbonyl (C=O) groups excluding carboxylic acids is 2. The van der Waals surface area contributed by atoms with Gasteiger partial charge in [-0.3, -0.25) is 9.59 Å². The lowest BCUT2D eigenvalue weighted by atomic mass is 10.1. The maximum atomic E-state index is 13.4. The van der Waals surface area contributed by atoms with Crippen LogP contribution in [0.15, 0.2) is 48.5 Å². The van der Waals surface area contributed by atoms with Crippen LogP contribution in [0.2, 0.25) is 0 Å². The Hall–Kier alpha value is -3.55. The Kier molecular flexibility index (Phi) is 4.38. The summed E-state index contributed by atoms with van der Waals surface area (Å²) in [5.74, 6) is -1.23. The first kappa shape index (κ1) is 17.8. The minimum absolute atomic E-state index is 0.0991. The minimum Gasteiger partial charge on any atom is -0.324 e. The van der Waals surface area contributed by atoms with E-state index in [1.54, 1.807) is 25.1 Å². The maximum Gasteiger partial charge on any atom is 0.249 e. The molecule has 1 atom stereocenters. The van der Waals surface area contributed by atoms with E-state index in [0.717, 1.165) is 0 Å². The van der Waals surface area contributed by atoms with Gasteiger partial charge in [-0.15, -0.1) is 0 Å². The summed E-state index contributed by atoms with van der Waals surface area (Å²) in [7, 11) is 0. The summed E-state index contributed by atoms with van der Waals surface area (Å²) >= 11 is 0. The van der Waals surface area contributed by atoms with Gasteiger partial charge >= 0.3 is 0 Å². The number of fused-ring (bicyclic) bond motifs is 1. The fourth-order valence-electron chi connectivity index (χ4n) is 3.22. The van der Waals surface area contributed by atoms with Crippen LogP contribution >= 0.6 is 0 Å². The van der Waals surface area contributed by atoms with Crippen molar-refractivity contribution in [1.82, 2.24) is 9.78 Å². The molecule has 4 rings (SSSR count). The predicted octanol–water partition coefficient (Wildman–Crippen LogP) is 3.66. The second kappa shape index (κ2) is 6.88. The van der Waals surface area contributed by atoms with Gasteiger partial charge in [0.15, 0.2) is 0 Å². The number of hydrogen-bond acceptors (Lipinski definition) is 3. The Morgan fingerprint density at radius 2 is 1.93 bits per heavy atom. The molecule has 6 nitrogen and oxygen atoms in total. The lowest BCUT2D eigenvalue weighted by Gasteiger charge is -2.24. The number of anilines is 2. The monoisotopic (exact) mass is 382 g/mol. The highest BCUT2D eigenvalue weighted by Crippen LogP contribution is 2.34. The summed E-state index contributed by atoms with van der Waals surface area (Å²) in [4.78, 5) is 24.9. The van der Waals surface area contributed by atoms with E-state index in [2.05, 4.69) is 15.7 Å². The highest BCUT2D eigenvalue weighted by atomic mass is 19.1. The predicted molar refractivity (Wildman–Crippen MR) is 99.7 cm³/mol. The van der Waals surface area contributed by atoms with Crippen LogP contribution in [0.1, 0.15) is 18.0 Å². The van der Waals surface area contributed by atoms with Crippen molar-refractivity contribution < 1.29 is 18.4 Å². The number of aromatic nitrogens is 2. The number of carbonyl (C=O) groups is 2. The largest absolute Gasteiger partial charge is 0.324 e. The third-order valence-electron chi connectivity index (χ3n) is 4.59. The van der Waals surface area contributed by atoms with Gasteiger partial charge in [-0.2, -0.15) is 5.10 Å². The molecule has 0 aliphatic carbocycles. The van der Waals surface area contributed by atoms with Gasteiger partial charge in [-0.1, -0.05) is 6.07 Å². The van der Waals surface area contributed by atoms with Crippen LogP contribution in [0, 0.1) is 18.6 Å². The summed E-state index contributed by atoms with van der Waals surface area (Å²) in [5, 5.41) is 9.85. The number of hydrogen-bond donors (Lipinski definition) is 2. The molecule has 2 amide bonds. The number of rotatable bonds is 3. The van der Waals surface area contributed by atoms with Crippen LogP contribution in [-0.2, 0) is 9.59 Å². The van der Waals surface area contributed by atoms with E-state index in [1.165, 1.54) is 35.0 Å². The molecule has 0 unspecified atom stereocenters. The molecule has 0 saturated heterocycles. The Labute approximate surface area is 159 Å². The average Bonchev–Trinajstić information content (AvgIpc) is 2.98. The van der Waals surface area contributed by atoms with Crippen molar-refractivity contribution in [3.8, 4) is 11.3 Å². The van der Waals surface area contributed by atoms with E-state index in [0.29, 0.717) is 28.3 Å². The molecule has 0 fully saturated rings. The van der Waals surface area contributed by atoms with Crippen LogP contribution in [0.4, 0.5) is 20.3 Å². The molecule has 2 aromatic carbocycles. The van der Waals surface area contributed by atoms with Gasteiger partial charge in [0.1, 0.15) is 23.5 Å². The SMILES string of the molecule is Cc1c(-c2ccc(F)cc2)nn2c1NC(=O)C[C@@H]2C(=O)Nc1cccc(F)c1. The summed E-state index contributed by atoms with van der Waals surface area (Å²) < 4.78 is 28.0. The number of benzene rings is 2. The number of halogens is 2. The highest BCUT2D eigenvalue weighted by Gasteiger charge is 2.34. The lowest BCUT2D eigenvalue weighted by molar-refractivity contribution is -0.125. The lowest BCUT2D eigenvalue weighted by Crippen LogP contribution is -2.35. The molecule has 1 aliphatic rings. The molecule has 142 valence electrons. The van der Waals surface area contributed by atoms with Gasteiger partial charge in [0.25, 0.3) is 0 Å². The van der Waals surface area contributed by atoms with Crippen molar-refractivity contribution >= 4 is 23.3 Å². The van der Waals surface area contributed by atoms with Gasteiger partial charge in [0.05, 0.1) is 12.1 Å². The second-order valence-corrected chi connectivity index (χ2v) is 6.54. The zero-order valence-electron chi connectivity index (χ0n) is 14.9. The van der Waals surface area contributed by atoms with E-state index >= 15 is 0 Å². The normalized spacial score (nSPS) is 15.7. The molecule has 0 bridgehead atoms. The molecule has 2 heterocycles. The van der Waals surface area contributed by atoms with Crippen molar-refractivity contribution in [2.75, 3.05) is 10.6 Å². The Morgan fingerprint density at radius 1 is 1.18 bits per heavy atom. The molecule has 28 heavy (non-hydrogen) atoms. The summed E-state index contributed by atoms with van der Waals surface area (Å²) in [5.41, 5.74) is 2.17. The van der Waals surface area contributed by atoms with Gasteiger partial charge < -0.3 is 10.6 Å². The van der Waals surface area contributed by atoms with E-state index < -0.39 is 17.8 Å². The fraction of sp³-hybridized carbons (Fsp3) is 0.150. The molecule has 1 aromatic heterocycles. The summed E-state index contributed by atoms with van der Waals surface area (Å²) in [6.45, 7) is 1.77. The molecule has 3 aromatic rings. The third kappa shape index (κ3) is 3.24. The van der Waals surface area contributed by atoms with Crippen molar-refractivity contribution in [1.29, 1.82) is 0 Å². The van der Waals surface area contributed by atoms with Gasteiger partial charge in [0.2, 0.25) is 11.8 Å². The molecule has 8 heteroatoms. The van der Waals surface area contributed by atoms with E-state index in [4.69, 9.17) is 0 Å². The summed E-state index contributed by atoms with van der Waals surface area (Å²) in [6, 6.07) is 10.4. The zero-order chi connectivity index (χ0) is 19.8. The van der Waals surface area contributed by atoms with Crippen molar-refractivity contribution in [2.45, 2.75) is 19.4 Å². The Morgan fingerprint density at radius 3 is 2.64 bits per heavy atom. The topological polar surface area (TPSA) is 76.0 Å². The minimum atomic E-state index is -0.889. The van der Waals surface area contributed by atoms with E-state index in [-0.39, 0.29) is 18.1 Å². The molecule has 1 aliphatic heterocycles. The first-order chi connectivity index (χ1) is 13.4. The van der Waals surface area contributed by atoms with Gasteiger partial charge in [-0.25, -0.2) is 13.5 Å². The van der Waals surface area contributed by atoms with Crippen LogP contribution in [-0.4, -0.2) is 21.6 Å². The van der Waals surface area contributed by atoms with Gasteiger partial charge in [-0.05, 0) is 49.4 Å². The van der Waals surface area contributed by atoms with Crippen LogP contribution in [0.25, 0.3) is 11.3 Å². The van der Waals surface area contributed by atoms with Gasteiger partial charge in [0, 0.05) is 16.8 Å². The van der Waals surface area contributed by atoms with Crippen LogP contribution < -0.4 is 10.6 Å². The van der Waals surface area contributed by atoms with E-state index in [1.807, 2.05) is 0 Å². The smallest absolute Gasteiger partial charge is 0.249 e. The van der Waals surface area contributed by atoms with Crippen molar-refractivity contribution in [3.63, 3.8) is 0 Å². The standard InChI is InChI=1S/C20H16F2N4O2/c1-11-18(12-5-7-13(21)8-6-12)25-26-16(10-17(27)24-19(11)26)20(28)23-15-4-2-3-14(22)9-15/h2-9,16H,10H2,1H3,(H,23,28)(H,24,27)/t16-/m1/s1. The molecule has 0 spiro atoms. The Bertz CT molecular complexity index is 1080. The van der Waals surface area contributed by atoms with Crippen molar-refractivity contribution in [3.05, 3.63) is 65.7 Å². The molecule has 2 N–H and O–H groups in total. The van der Waals surface area contributed by atoms with Crippen LogP contribution in [0.5, 0.6) is 0 Å². The summed E-state index contributed by atoms with van der Waals surface area (Å²) in [6.07, 6.45) is -0.0991. The maximum absolute atomic E-state index is 13.4. The molecular formula is C20H16F2N4O2. The average molecular weight is 382 g/mol. The fourth-order valence-corrected chi connectivity index (χ4v) is 3.22. The quantitative estimate of drug-likeness (QED) is 0.726. The zero-order valence-corrected chi connectivity index (χ0v) is 14.9. The second-order valence-electron chi connectivity index (χ2n) is 6.54. The first-order valence-electron chi connectivity index (χ1n) is 8.63. The number of amides is 2. The number of nitrogens with zero attached hydrogens (tertiary/aromatic N) is 2.